The van der Waals surface area contributed by atoms with Crippen LogP contribution in [0.5, 0.6) is 0 Å². The normalized spacial score (nSPS) is 13.2. The number of carbonyl (C=O) groups is 1. The Hall–Kier alpha value is -0.610. The van der Waals surface area contributed by atoms with Gasteiger partial charge in [0, 0.05) is 0 Å². The third-order valence-electron chi connectivity index (χ3n) is 1.10. The molecule has 0 amide bonds. The SMILES string of the molecule is CC(C)C(=O)OC[C@H](O)CO. The minimum Gasteiger partial charge on any atom is -0.463 e. The van der Waals surface area contributed by atoms with Gasteiger partial charge < -0.3 is 14.9 Å². The lowest BCUT2D eigenvalue weighted by Crippen LogP contribution is -2.23. The topological polar surface area (TPSA) is 66.8 Å². The number of aliphatic hydroxyl groups excluding tert-OH is 2. The maximum absolute atomic E-state index is 10.7. The summed E-state index contributed by atoms with van der Waals surface area (Å²) in [7, 11) is 0. The van der Waals surface area contributed by atoms with E-state index in [1.54, 1.807) is 13.8 Å². The molecule has 0 aromatic rings. The first kappa shape index (κ1) is 10.4. The van der Waals surface area contributed by atoms with Gasteiger partial charge in [0.1, 0.15) is 12.7 Å². The van der Waals surface area contributed by atoms with E-state index < -0.39 is 6.10 Å². The average molecular weight is 162 g/mol. The summed E-state index contributed by atoms with van der Waals surface area (Å²) in [6, 6.07) is 0. The Morgan fingerprint density at radius 3 is 2.45 bits per heavy atom. The summed E-state index contributed by atoms with van der Waals surface area (Å²) >= 11 is 0. The molecule has 0 aromatic carbocycles. The molecular formula is C7H14O4. The number of carbonyl (C=O) groups excluding carboxylic acids is 1. The van der Waals surface area contributed by atoms with Gasteiger partial charge in [-0.05, 0) is 0 Å². The Balaban J connectivity index is 3.46. The monoisotopic (exact) mass is 162 g/mol. The highest BCUT2D eigenvalue weighted by atomic mass is 16.5. The van der Waals surface area contributed by atoms with Crippen LogP contribution in [0.2, 0.25) is 0 Å². The molecule has 0 aliphatic carbocycles. The van der Waals surface area contributed by atoms with Gasteiger partial charge in [0.15, 0.2) is 0 Å². The van der Waals surface area contributed by atoms with E-state index in [1.807, 2.05) is 0 Å². The summed E-state index contributed by atoms with van der Waals surface area (Å²) in [6.45, 7) is 2.89. The first-order chi connectivity index (χ1) is 5.07. The van der Waals surface area contributed by atoms with Crippen LogP contribution >= 0.6 is 0 Å². The Morgan fingerprint density at radius 2 is 2.09 bits per heavy atom. The van der Waals surface area contributed by atoms with Crippen LogP contribution in [0.4, 0.5) is 0 Å². The Morgan fingerprint density at radius 1 is 1.55 bits per heavy atom. The first-order valence-electron chi connectivity index (χ1n) is 3.53. The van der Waals surface area contributed by atoms with E-state index in [9.17, 15) is 4.79 Å². The second kappa shape index (κ2) is 5.09. The third kappa shape index (κ3) is 4.75. The summed E-state index contributed by atoms with van der Waals surface area (Å²) in [5.74, 6) is -0.557. The van der Waals surface area contributed by atoms with Crippen LogP contribution in [-0.2, 0) is 9.53 Å². The summed E-state index contributed by atoms with van der Waals surface area (Å²) in [4.78, 5) is 10.7. The molecule has 0 aliphatic heterocycles. The molecule has 0 aliphatic rings. The molecule has 0 fully saturated rings. The van der Waals surface area contributed by atoms with Crippen molar-refractivity contribution in [3.05, 3.63) is 0 Å². The Kier molecular flexibility index (Phi) is 4.81. The second-order valence-electron chi connectivity index (χ2n) is 2.62. The van der Waals surface area contributed by atoms with Crippen molar-refractivity contribution in [1.82, 2.24) is 0 Å². The zero-order valence-electron chi connectivity index (χ0n) is 6.78. The van der Waals surface area contributed by atoms with Crippen LogP contribution in [0.1, 0.15) is 13.8 Å². The van der Waals surface area contributed by atoms with Crippen molar-refractivity contribution < 1.29 is 19.7 Å². The van der Waals surface area contributed by atoms with Crippen LogP contribution in [0.25, 0.3) is 0 Å². The summed E-state index contributed by atoms with van der Waals surface area (Å²) in [5, 5.41) is 17.1. The largest absolute Gasteiger partial charge is 0.463 e. The standard InChI is InChI=1S/C7H14O4/c1-5(2)7(10)11-4-6(9)3-8/h5-6,8-9H,3-4H2,1-2H3/t6-/m1/s1. The highest BCUT2D eigenvalue weighted by Crippen LogP contribution is 1.96. The summed E-state index contributed by atoms with van der Waals surface area (Å²) in [6.07, 6.45) is -0.960. The van der Waals surface area contributed by atoms with E-state index in [1.165, 1.54) is 0 Å². The summed E-state index contributed by atoms with van der Waals surface area (Å²) < 4.78 is 4.61. The van der Waals surface area contributed by atoms with Gasteiger partial charge in [-0.3, -0.25) is 4.79 Å². The molecular weight excluding hydrogens is 148 g/mol. The fourth-order valence-corrected chi connectivity index (χ4v) is 0.398. The molecule has 0 spiro atoms. The predicted molar refractivity (Wildman–Crippen MR) is 38.9 cm³/mol. The lowest BCUT2D eigenvalue weighted by molar-refractivity contribution is -0.150. The van der Waals surface area contributed by atoms with Gasteiger partial charge in [-0.2, -0.15) is 0 Å². The van der Waals surface area contributed by atoms with Crippen molar-refractivity contribution >= 4 is 5.97 Å². The predicted octanol–water partition coefficient (Wildman–Crippen LogP) is -0.461. The fourth-order valence-electron chi connectivity index (χ4n) is 0.398. The number of hydrogen-bond acceptors (Lipinski definition) is 4. The minimum absolute atomic E-state index is 0.131. The van der Waals surface area contributed by atoms with Crippen molar-refractivity contribution in [2.75, 3.05) is 13.2 Å². The molecule has 0 aromatic heterocycles. The van der Waals surface area contributed by atoms with Crippen LogP contribution in [-0.4, -0.2) is 35.5 Å². The lowest BCUT2D eigenvalue weighted by Gasteiger charge is -2.09. The number of ether oxygens (including phenoxy) is 1. The van der Waals surface area contributed by atoms with E-state index in [-0.39, 0.29) is 25.1 Å². The van der Waals surface area contributed by atoms with Gasteiger partial charge in [0.2, 0.25) is 0 Å². The van der Waals surface area contributed by atoms with Crippen molar-refractivity contribution in [3.63, 3.8) is 0 Å². The van der Waals surface area contributed by atoms with Crippen molar-refractivity contribution in [2.24, 2.45) is 5.92 Å². The maximum atomic E-state index is 10.7. The highest BCUT2D eigenvalue weighted by molar-refractivity contribution is 5.71. The first-order valence-corrected chi connectivity index (χ1v) is 3.53. The fraction of sp³-hybridized carbons (Fsp3) is 0.857. The molecule has 0 radical (unpaired) electrons. The number of aliphatic hydroxyl groups is 2. The molecule has 2 N–H and O–H groups in total. The Labute approximate surface area is 65.8 Å². The van der Waals surface area contributed by atoms with Crippen molar-refractivity contribution in [2.45, 2.75) is 20.0 Å². The van der Waals surface area contributed by atoms with E-state index in [4.69, 9.17) is 10.2 Å². The third-order valence-corrected chi connectivity index (χ3v) is 1.10. The van der Waals surface area contributed by atoms with Crippen LogP contribution in [0.15, 0.2) is 0 Å². The van der Waals surface area contributed by atoms with E-state index in [0.29, 0.717) is 0 Å². The van der Waals surface area contributed by atoms with Crippen LogP contribution < -0.4 is 0 Å². The molecule has 0 saturated carbocycles. The van der Waals surface area contributed by atoms with E-state index in [2.05, 4.69) is 4.74 Å². The molecule has 1 atom stereocenters. The molecule has 0 heterocycles. The molecule has 66 valence electrons. The highest BCUT2D eigenvalue weighted by Gasteiger charge is 2.10. The van der Waals surface area contributed by atoms with Crippen molar-refractivity contribution in [3.8, 4) is 0 Å². The molecule has 0 unspecified atom stereocenters. The van der Waals surface area contributed by atoms with Gasteiger partial charge in [-0.25, -0.2) is 0 Å². The van der Waals surface area contributed by atoms with Gasteiger partial charge in [-0.1, -0.05) is 13.8 Å². The molecule has 4 nitrogen and oxygen atoms in total. The number of hydrogen-bond donors (Lipinski definition) is 2. The molecule has 0 rings (SSSR count). The summed E-state index contributed by atoms with van der Waals surface area (Å²) in [5.41, 5.74) is 0. The molecule has 0 bridgehead atoms. The second-order valence-corrected chi connectivity index (χ2v) is 2.62. The van der Waals surface area contributed by atoms with Gasteiger partial charge >= 0.3 is 5.97 Å². The number of rotatable bonds is 4. The maximum Gasteiger partial charge on any atom is 0.308 e. The average Bonchev–Trinajstić information content (AvgIpc) is 1.99. The number of esters is 1. The molecule has 11 heavy (non-hydrogen) atoms. The van der Waals surface area contributed by atoms with Crippen molar-refractivity contribution in [1.29, 1.82) is 0 Å². The smallest absolute Gasteiger partial charge is 0.308 e. The van der Waals surface area contributed by atoms with Crippen LogP contribution in [0, 0.1) is 5.92 Å². The molecule has 0 saturated heterocycles. The minimum atomic E-state index is -0.960. The van der Waals surface area contributed by atoms with Gasteiger partial charge in [0.05, 0.1) is 12.5 Å². The zero-order valence-corrected chi connectivity index (χ0v) is 6.78. The lowest BCUT2D eigenvalue weighted by atomic mass is 10.2. The van der Waals surface area contributed by atoms with Gasteiger partial charge in [-0.15, -0.1) is 0 Å². The quantitative estimate of drug-likeness (QED) is 0.549. The zero-order chi connectivity index (χ0) is 8.85. The Bertz CT molecular complexity index is 122. The van der Waals surface area contributed by atoms with Gasteiger partial charge in [0.25, 0.3) is 0 Å². The van der Waals surface area contributed by atoms with Crippen LogP contribution in [0.3, 0.4) is 0 Å². The van der Waals surface area contributed by atoms with E-state index in [0.717, 1.165) is 0 Å². The van der Waals surface area contributed by atoms with E-state index >= 15 is 0 Å². The molecule has 4 heteroatoms.